The fourth-order valence-electron chi connectivity index (χ4n) is 1.29. The molecular weight excluding hydrogens is 275 g/mol. The highest BCUT2D eigenvalue weighted by molar-refractivity contribution is 9.10. The molecule has 1 aromatic heterocycles. The number of halogens is 2. The Morgan fingerprint density at radius 1 is 1.50 bits per heavy atom. The summed E-state index contributed by atoms with van der Waals surface area (Å²) in [4.78, 5) is 4.04. The van der Waals surface area contributed by atoms with Gasteiger partial charge in [-0.15, -0.1) is 0 Å². The average Bonchev–Trinajstić information content (AvgIpc) is 2.71. The van der Waals surface area contributed by atoms with E-state index in [1.807, 2.05) is 17.7 Å². The van der Waals surface area contributed by atoms with E-state index in [-0.39, 0.29) is 5.82 Å². The highest BCUT2D eigenvalue weighted by Gasteiger charge is 2.06. The van der Waals surface area contributed by atoms with E-state index in [0.717, 1.165) is 6.54 Å². The molecule has 0 amide bonds. The summed E-state index contributed by atoms with van der Waals surface area (Å²) in [5, 5.41) is 0. The number of hydrogen-bond acceptors (Lipinski definition) is 2. The van der Waals surface area contributed by atoms with Gasteiger partial charge in [0.1, 0.15) is 11.6 Å². The molecule has 0 saturated carbocycles. The molecule has 0 aliphatic heterocycles. The minimum Gasteiger partial charge on any atom is -0.425 e. The summed E-state index contributed by atoms with van der Waals surface area (Å²) in [6.07, 6.45) is 3.46. The second kappa shape index (κ2) is 4.65. The largest absolute Gasteiger partial charge is 0.425 e. The van der Waals surface area contributed by atoms with Crippen molar-refractivity contribution in [2.75, 3.05) is 0 Å². The molecule has 0 radical (unpaired) electrons. The van der Waals surface area contributed by atoms with Crippen molar-refractivity contribution in [3.63, 3.8) is 0 Å². The average molecular weight is 285 g/mol. The molecule has 0 aliphatic carbocycles. The van der Waals surface area contributed by atoms with Crippen molar-refractivity contribution in [3.05, 3.63) is 40.9 Å². The Morgan fingerprint density at radius 2 is 2.31 bits per heavy atom. The maximum atomic E-state index is 13.2. The quantitative estimate of drug-likeness (QED) is 0.861. The minimum absolute atomic E-state index is 0.355. The number of ether oxygens (including phenoxy) is 1. The monoisotopic (exact) mass is 284 g/mol. The first kappa shape index (κ1) is 11.1. The summed E-state index contributed by atoms with van der Waals surface area (Å²) in [6.45, 7) is 2.74. The Hall–Kier alpha value is -1.36. The fourth-order valence-corrected chi connectivity index (χ4v) is 1.53. The molecule has 2 rings (SSSR count). The number of nitrogens with zero attached hydrogens (tertiary/aromatic N) is 2. The molecule has 84 valence electrons. The summed E-state index contributed by atoms with van der Waals surface area (Å²) in [5.41, 5.74) is 0. The van der Waals surface area contributed by atoms with Crippen molar-refractivity contribution >= 4 is 15.9 Å². The normalized spacial score (nSPS) is 10.4. The lowest BCUT2D eigenvalue weighted by Crippen LogP contribution is -1.97. The van der Waals surface area contributed by atoms with Crippen LogP contribution in [-0.4, -0.2) is 9.55 Å². The van der Waals surface area contributed by atoms with E-state index in [9.17, 15) is 4.39 Å². The van der Waals surface area contributed by atoms with Gasteiger partial charge in [0, 0.05) is 25.0 Å². The SMILES string of the molecule is CCn1ccnc1Oc1ccc(Br)c(F)c1. The lowest BCUT2D eigenvalue weighted by molar-refractivity contribution is 0.412. The summed E-state index contributed by atoms with van der Waals surface area (Å²) >= 11 is 3.08. The van der Waals surface area contributed by atoms with Crippen LogP contribution in [0.5, 0.6) is 11.8 Å². The van der Waals surface area contributed by atoms with Gasteiger partial charge in [-0.2, -0.15) is 0 Å². The lowest BCUT2D eigenvalue weighted by Gasteiger charge is -2.06. The molecule has 5 heteroatoms. The van der Waals surface area contributed by atoms with E-state index < -0.39 is 0 Å². The zero-order chi connectivity index (χ0) is 11.5. The van der Waals surface area contributed by atoms with Gasteiger partial charge in [-0.05, 0) is 35.0 Å². The van der Waals surface area contributed by atoms with Crippen molar-refractivity contribution < 1.29 is 9.13 Å². The summed E-state index contributed by atoms with van der Waals surface area (Å²) in [7, 11) is 0. The smallest absolute Gasteiger partial charge is 0.301 e. The van der Waals surface area contributed by atoms with Crippen molar-refractivity contribution in [2.24, 2.45) is 0 Å². The molecule has 1 heterocycles. The summed E-state index contributed by atoms with van der Waals surface area (Å²) in [6, 6.07) is 5.06. The number of imidazole rings is 1. The molecule has 0 bridgehead atoms. The van der Waals surface area contributed by atoms with Crippen molar-refractivity contribution in [2.45, 2.75) is 13.5 Å². The number of rotatable bonds is 3. The molecule has 0 saturated heterocycles. The highest BCUT2D eigenvalue weighted by atomic mass is 79.9. The van der Waals surface area contributed by atoms with Crippen LogP contribution in [0.1, 0.15) is 6.92 Å². The standard InChI is InChI=1S/C11H10BrFN2O/c1-2-15-6-5-14-11(15)16-8-3-4-9(12)10(13)7-8/h3-7H,2H2,1H3. The van der Waals surface area contributed by atoms with Crippen LogP contribution in [0.2, 0.25) is 0 Å². The number of aromatic nitrogens is 2. The van der Waals surface area contributed by atoms with Gasteiger partial charge in [0.15, 0.2) is 0 Å². The first-order valence-electron chi connectivity index (χ1n) is 4.84. The molecule has 0 spiro atoms. The maximum absolute atomic E-state index is 13.2. The lowest BCUT2D eigenvalue weighted by atomic mass is 10.3. The maximum Gasteiger partial charge on any atom is 0.301 e. The van der Waals surface area contributed by atoms with Crippen LogP contribution in [0.25, 0.3) is 0 Å². The second-order valence-electron chi connectivity index (χ2n) is 3.17. The summed E-state index contributed by atoms with van der Waals surface area (Å²) < 4.78 is 21.0. The first-order valence-corrected chi connectivity index (χ1v) is 5.64. The van der Waals surface area contributed by atoms with Crippen LogP contribution < -0.4 is 4.74 Å². The van der Waals surface area contributed by atoms with E-state index in [1.165, 1.54) is 6.07 Å². The molecule has 0 N–H and O–H groups in total. The van der Waals surface area contributed by atoms with Gasteiger partial charge in [0.05, 0.1) is 4.47 Å². The predicted molar refractivity (Wildman–Crippen MR) is 62.1 cm³/mol. The Kier molecular flexibility index (Phi) is 3.24. The predicted octanol–water partition coefficient (Wildman–Crippen LogP) is 3.60. The molecule has 0 aliphatic rings. The van der Waals surface area contributed by atoms with E-state index in [2.05, 4.69) is 20.9 Å². The highest BCUT2D eigenvalue weighted by Crippen LogP contribution is 2.24. The molecule has 0 fully saturated rings. The molecule has 0 atom stereocenters. The molecule has 1 aromatic carbocycles. The van der Waals surface area contributed by atoms with Gasteiger partial charge < -0.3 is 9.30 Å². The Balaban J connectivity index is 2.24. The third kappa shape index (κ3) is 2.24. The van der Waals surface area contributed by atoms with Crippen LogP contribution in [0.4, 0.5) is 4.39 Å². The molecule has 2 aromatic rings. The Bertz CT molecular complexity index is 498. The van der Waals surface area contributed by atoms with Gasteiger partial charge in [-0.1, -0.05) is 0 Å². The first-order chi connectivity index (χ1) is 7.70. The molecular formula is C11H10BrFN2O. The van der Waals surface area contributed by atoms with Crippen molar-refractivity contribution in [1.29, 1.82) is 0 Å². The van der Waals surface area contributed by atoms with Gasteiger partial charge in [-0.3, -0.25) is 0 Å². The fraction of sp³-hybridized carbons (Fsp3) is 0.182. The van der Waals surface area contributed by atoms with Crippen LogP contribution in [-0.2, 0) is 6.54 Å². The van der Waals surface area contributed by atoms with Crippen LogP contribution >= 0.6 is 15.9 Å². The van der Waals surface area contributed by atoms with E-state index in [4.69, 9.17) is 4.74 Å². The van der Waals surface area contributed by atoms with Crippen LogP contribution in [0, 0.1) is 5.82 Å². The van der Waals surface area contributed by atoms with Crippen molar-refractivity contribution in [3.8, 4) is 11.8 Å². The van der Waals surface area contributed by atoms with Crippen molar-refractivity contribution in [1.82, 2.24) is 9.55 Å². The van der Waals surface area contributed by atoms with Gasteiger partial charge in [-0.25, -0.2) is 9.37 Å². The number of benzene rings is 1. The third-order valence-electron chi connectivity index (χ3n) is 2.12. The Morgan fingerprint density at radius 3 is 3.00 bits per heavy atom. The molecule has 16 heavy (non-hydrogen) atoms. The number of aryl methyl sites for hydroxylation is 1. The van der Waals surface area contributed by atoms with E-state index >= 15 is 0 Å². The van der Waals surface area contributed by atoms with E-state index in [0.29, 0.717) is 16.2 Å². The van der Waals surface area contributed by atoms with Crippen LogP contribution in [0.15, 0.2) is 35.1 Å². The molecule has 3 nitrogen and oxygen atoms in total. The van der Waals surface area contributed by atoms with Crippen LogP contribution in [0.3, 0.4) is 0 Å². The van der Waals surface area contributed by atoms with Gasteiger partial charge in [0.25, 0.3) is 0 Å². The zero-order valence-electron chi connectivity index (χ0n) is 8.65. The topological polar surface area (TPSA) is 27.1 Å². The number of hydrogen-bond donors (Lipinski definition) is 0. The molecule has 0 unspecified atom stereocenters. The van der Waals surface area contributed by atoms with Gasteiger partial charge >= 0.3 is 6.01 Å². The summed E-state index contributed by atoms with van der Waals surface area (Å²) in [5.74, 6) is 0.0775. The minimum atomic E-state index is -0.355. The second-order valence-corrected chi connectivity index (χ2v) is 4.03. The Labute approximate surface area is 101 Å². The zero-order valence-corrected chi connectivity index (χ0v) is 10.2. The van der Waals surface area contributed by atoms with E-state index in [1.54, 1.807) is 18.3 Å². The van der Waals surface area contributed by atoms with Gasteiger partial charge in [0.2, 0.25) is 0 Å². The third-order valence-corrected chi connectivity index (χ3v) is 2.76.